The third-order valence-corrected chi connectivity index (χ3v) is 3.37. The Kier molecular flexibility index (Phi) is 2.89. The van der Waals surface area contributed by atoms with Crippen LogP contribution in [0, 0.1) is 6.92 Å². The van der Waals surface area contributed by atoms with Gasteiger partial charge in [0.05, 0.1) is 17.2 Å². The Bertz CT molecular complexity index is 548. The zero-order chi connectivity index (χ0) is 11.7. The summed E-state index contributed by atoms with van der Waals surface area (Å²) < 4.78 is 5.12. The Labute approximate surface area is 97.0 Å². The molecule has 0 atom stereocenters. The summed E-state index contributed by atoms with van der Waals surface area (Å²) in [5.74, 6) is 0. The van der Waals surface area contributed by atoms with Crippen LogP contribution in [0.4, 0.5) is 5.69 Å². The zero-order valence-corrected chi connectivity index (χ0v) is 9.93. The van der Waals surface area contributed by atoms with Crippen LogP contribution in [0.3, 0.4) is 0 Å². The number of nitrogens with two attached hydrogens (primary N) is 1. The van der Waals surface area contributed by atoms with E-state index in [4.69, 9.17) is 10.5 Å². The number of aromatic nitrogens is 1. The predicted molar refractivity (Wildman–Crippen MR) is 64.9 cm³/mol. The van der Waals surface area contributed by atoms with E-state index in [1.165, 1.54) is 11.3 Å². The molecule has 5 heteroatoms. The van der Waals surface area contributed by atoms with Crippen molar-refractivity contribution in [2.24, 2.45) is 0 Å². The van der Waals surface area contributed by atoms with Gasteiger partial charge in [0.1, 0.15) is 4.83 Å². The van der Waals surface area contributed by atoms with E-state index < -0.39 is 0 Å². The number of carbonyl (C=O) groups is 1. The monoisotopic (exact) mass is 236 g/mol. The van der Waals surface area contributed by atoms with Gasteiger partial charge in [-0.05, 0) is 18.6 Å². The van der Waals surface area contributed by atoms with Crippen molar-refractivity contribution in [1.29, 1.82) is 0 Å². The highest BCUT2D eigenvalue weighted by Crippen LogP contribution is 2.34. The Morgan fingerprint density at radius 1 is 1.62 bits per heavy atom. The number of fused-ring (bicyclic) bond motifs is 1. The molecule has 2 heterocycles. The van der Waals surface area contributed by atoms with E-state index in [0.29, 0.717) is 17.2 Å². The van der Waals surface area contributed by atoms with E-state index >= 15 is 0 Å². The Hall–Kier alpha value is -1.46. The molecule has 0 aromatic carbocycles. The van der Waals surface area contributed by atoms with Crippen LogP contribution < -0.4 is 5.73 Å². The second-order valence-electron chi connectivity index (χ2n) is 3.53. The lowest BCUT2D eigenvalue weighted by Gasteiger charge is -2.04. The van der Waals surface area contributed by atoms with E-state index in [-0.39, 0.29) is 0 Å². The first kappa shape index (κ1) is 11.0. The van der Waals surface area contributed by atoms with E-state index in [1.807, 2.05) is 13.0 Å². The number of ether oxygens (including phenoxy) is 1. The first-order valence-corrected chi connectivity index (χ1v) is 5.61. The standard InChI is InChI=1S/C11H12N2O2S/c1-6-3-7(5-15-2)9-10(12)8(4-14)16-11(9)13-6/h3-4H,5,12H2,1-2H3. The van der Waals surface area contributed by atoms with Gasteiger partial charge in [-0.15, -0.1) is 11.3 Å². The lowest BCUT2D eigenvalue weighted by molar-refractivity contribution is 0.112. The fourth-order valence-electron chi connectivity index (χ4n) is 1.71. The Morgan fingerprint density at radius 2 is 2.38 bits per heavy atom. The van der Waals surface area contributed by atoms with Gasteiger partial charge in [-0.1, -0.05) is 0 Å². The summed E-state index contributed by atoms with van der Waals surface area (Å²) >= 11 is 1.32. The van der Waals surface area contributed by atoms with Crippen molar-refractivity contribution < 1.29 is 9.53 Å². The van der Waals surface area contributed by atoms with Crippen LogP contribution in [-0.4, -0.2) is 18.4 Å². The van der Waals surface area contributed by atoms with Gasteiger partial charge in [0.2, 0.25) is 0 Å². The number of aryl methyl sites for hydroxylation is 1. The number of carbonyl (C=O) groups excluding carboxylic acids is 1. The third kappa shape index (κ3) is 1.68. The van der Waals surface area contributed by atoms with Crippen molar-refractivity contribution in [2.75, 3.05) is 12.8 Å². The second kappa shape index (κ2) is 4.19. The van der Waals surface area contributed by atoms with Gasteiger partial charge in [0.15, 0.2) is 6.29 Å². The highest BCUT2D eigenvalue weighted by molar-refractivity contribution is 7.20. The molecule has 0 bridgehead atoms. The van der Waals surface area contributed by atoms with E-state index in [0.717, 1.165) is 27.8 Å². The van der Waals surface area contributed by atoms with Gasteiger partial charge in [0, 0.05) is 18.2 Å². The summed E-state index contributed by atoms with van der Waals surface area (Å²) in [6, 6.07) is 1.93. The third-order valence-electron chi connectivity index (χ3n) is 2.34. The molecular weight excluding hydrogens is 224 g/mol. The van der Waals surface area contributed by atoms with Crippen LogP contribution in [0.1, 0.15) is 20.9 Å². The smallest absolute Gasteiger partial charge is 0.162 e. The minimum atomic E-state index is 0.471. The maximum Gasteiger partial charge on any atom is 0.162 e. The van der Waals surface area contributed by atoms with Crippen LogP contribution in [0.5, 0.6) is 0 Å². The molecule has 0 amide bonds. The first-order valence-electron chi connectivity index (χ1n) is 4.80. The quantitative estimate of drug-likeness (QED) is 0.829. The lowest BCUT2D eigenvalue weighted by Crippen LogP contribution is -1.95. The van der Waals surface area contributed by atoms with Gasteiger partial charge in [-0.25, -0.2) is 4.98 Å². The normalized spacial score (nSPS) is 10.9. The van der Waals surface area contributed by atoms with Gasteiger partial charge < -0.3 is 10.5 Å². The van der Waals surface area contributed by atoms with E-state index in [1.54, 1.807) is 7.11 Å². The number of methoxy groups -OCH3 is 1. The van der Waals surface area contributed by atoms with Crippen LogP contribution in [0.15, 0.2) is 6.07 Å². The van der Waals surface area contributed by atoms with Crippen molar-refractivity contribution in [2.45, 2.75) is 13.5 Å². The summed E-state index contributed by atoms with van der Waals surface area (Å²) in [7, 11) is 1.63. The topological polar surface area (TPSA) is 65.2 Å². The molecule has 0 unspecified atom stereocenters. The molecule has 0 aliphatic carbocycles. The molecule has 2 N–H and O–H groups in total. The highest BCUT2D eigenvalue weighted by Gasteiger charge is 2.14. The fourth-order valence-corrected chi connectivity index (χ4v) is 2.71. The van der Waals surface area contributed by atoms with Crippen LogP contribution in [0.25, 0.3) is 10.2 Å². The number of nitrogens with zero attached hydrogens (tertiary/aromatic N) is 1. The molecule has 4 nitrogen and oxygen atoms in total. The number of hydrogen-bond donors (Lipinski definition) is 1. The van der Waals surface area contributed by atoms with Crippen molar-refractivity contribution in [3.05, 3.63) is 22.2 Å². The summed E-state index contributed by atoms with van der Waals surface area (Å²) in [6.07, 6.45) is 0.771. The maximum atomic E-state index is 10.8. The number of nitrogen functional groups attached to an aromatic ring is 1. The maximum absolute atomic E-state index is 10.8. The fraction of sp³-hybridized carbons (Fsp3) is 0.273. The molecule has 0 aliphatic rings. The van der Waals surface area contributed by atoms with Crippen molar-refractivity contribution >= 4 is 33.5 Å². The molecule has 2 rings (SSSR count). The molecule has 2 aromatic rings. The lowest BCUT2D eigenvalue weighted by atomic mass is 10.1. The SMILES string of the molecule is COCc1cc(C)nc2sc(C=O)c(N)c12. The molecular formula is C11H12N2O2S. The molecule has 0 aliphatic heterocycles. The molecule has 0 saturated heterocycles. The van der Waals surface area contributed by atoms with Gasteiger partial charge >= 0.3 is 0 Å². The van der Waals surface area contributed by atoms with Crippen LogP contribution in [0.2, 0.25) is 0 Å². The molecule has 0 spiro atoms. The van der Waals surface area contributed by atoms with Gasteiger partial charge in [-0.3, -0.25) is 4.79 Å². The number of aldehydes is 1. The Balaban J connectivity index is 2.77. The minimum Gasteiger partial charge on any atom is -0.397 e. The van der Waals surface area contributed by atoms with Crippen molar-refractivity contribution in [3.8, 4) is 0 Å². The van der Waals surface area contributed by atoms with E-state index in [2.05, 4.69) is 4.98 Å². The second-order valence-corrected chi connectivity index (χ2v) is 4.56. The van der Waals surface area contributed by atoms with Crippen LogP contribution >= 0.6 is 11.3 Å². The highest BCUT2D eigenvalue weighted by atomic mass is 32.1. The average molecular weight is 236 g/mol. The number of hydrogen-bond acceptors (Lipinski definition) is 5. The minimum absolute atomic E-state index is 0.471. The van der Waals surface area contributed by atoms with Crippen LogP contribution in [-0.2, 0) is 11.3 Å². The molecule has 2 aromatic heterocycles. The molecule has 0 saturated carbocycles. The first-order chi connectivity index (χ1) is 7.67. The largest absolute Gasteiger partial charge is 0.397 e. The summed E-state index contributed by atoms with van der Waals surface area (Å²) in [4.78, 5) is 16.5. The molecule has 0 radical (unpaired) electrons. The average Bonchev–Trinajstić information content (AvgIpc) is 2.55. The Morgan fingerprint density at radius 3 is 3.00 bits per heavy atom. The van der Waals surface area contributed by atoms with Gasteiger partial charge in [0.25, 0.3) is 0 Å². The molecule has 84 valence electrons. The van der Waals surface area contributed by atoms with Crippen molar-refractivity contribution in [1.82, 2.24) is 4.98 Å². The van der Waals surface area contributed by atoms with Gasteiger partial charge in [-0.2, -0.15) is 0 Å². The zero-order valence-electron chi connectivity index (χ0n) is 9.11. The summed E-state index contributed by atoms with van der Waals surface area (Å²) in [6.45, 7) is 2.38. The number of anilines is 1. The van der Waals surface area contributed by atoms with E-state index in [9.17, 15) is 4.79 Å². The number of thiophene rings is 1. The van der Waals surface area contributed by atoms with Crippen molar-refractivity contribution in [3.63, 3.8) is 0 Å². The molecule has 0 fully saturated rings. The molecule has 16 heavy (non-hydrogen) atoms. The number of pyridine rings is 1. The predicted octanol–water partition coefficient (Wildman–Crippen LogP) is 2.15. The summed E-state index contributed by atoms with van der Waals surface area (Å²) in [5.41, 5.74) is 8.30. The number of rotatable bonds is 3. The summed E-state index contributed by atoms with van der Waals surface area (Å²) in [5, 5.41) is 0.847.